The maximum atomic E-state index is 5.52. The summed E-state index contributed by atoms with van der Waals surface area (Å²) in [5.41, 5.74) is 1.15. The Bertz CT molecular complexity index is 525. The largest absolute Gasteiger partial charge is 0.494 e. The quantitative estimate of drug-likeness (QED) is 0.844. The number of aromatic nitrogens is 4. The monoisotopic (exact) mass is 261 g/mol. The van der Waals surface area contributed by atoms with Gasteiger partial charge >= 0.3 is 0 Å². The van der Waals surface area contributed by atoms with Crippen molar-refractivity contribution in [2.24, 2.45) is 7.05 Å². The van der Waals surface area contributed by atoms with Crippen LogP contribution in [-0.4, -0.2) is 33.9 Å². The van der Waals surface area contributed by atoms with Crippen LogP contribution in [0.1, 0.15) is 24.4 Å². The lowest BCUT2D eigenvalue weighted by Crippen LogP contribution is -2.19. The van der Waals surface area contributed by atoms with Gasteiger partial charge in [-0.15, -0.1) is 10.2 Å². The molecule has 0 aliphatic heterocycles. The zero-order valence-corrected chi connectivity index (χ0v) is 11.5. The number of hydrogen-bond acceptors (Lipinski definition) is 5. The fourth-order valence-corrected chi connectivity index (χ4v) is 1.96. The van der Waals surface area contributed by atoms with E-state index in [0.29, 0.717) is 13.0 Å². The summed E-state index contributed by atoms with van der Waals surface area (Å²) in [6, 6.07) is 8.21. The lowest BCUT2D eigenvalue weighted by atomic mass is 10.0. The fourth-order valence-electron chi connectivity index (χ4n) is 1.96. The first-order valence-electron chi connectivity index (χ1n) is 6.35. The third-order valence-electron chi connectivity index (χ3n) is 2.86. The van der Waals surface area contributed by atoms with Crippen LogP contribution in [0.4, 0.5) is 0 Å². The highest BCUT2D eigenvalue weighted by molar-refractivity contribution is 5.31. The lowest BCUT2D eigenvalue weighted by molar-refractivity contribution is 0.339. The van der Waals surface area contributed by atoms with Gasteiger partial charge in [-0.3, -0.25) is 0 Å². The van der Waals surface area contributed by atoms with Crippen LogP contribution < -0.4 is 10.1 Å². The van der Waals surface area contributed by atoms with Crippen molar-refractivity contribution in [2.75, 3.05) is 13.7 Å². The number of ether oxygens (including phenoxy) is 1. The van der Waals surface area contributed by atoms with E-state index in [4.69, 9.17) is 4.74 Å². The number of hydrogen-bond donors (Lipinski definition) is 1. The minimum Gasteiger partial charge on any atom is -0.494 e. The van der Waals surface area contributed by atoms with Crippen LogP contribution in [-0.2, 0) is 13.5 Å². The molecule has 19 heavy (non-hydrogen) atoms. The number of benzene rings is 1. The highest BCUT2D eigenvalue weighted by Crippen LogP contribution is 2.21. The molecule has 0 bridgehead atoms. The number of tetrazole rings is 1. The van der Waals surface area contributed by atoms with Crippen LogP contribution in [0.15, 0.2) is 24.3 Å². The van der Waals surface area contributed by atoms with E-state index >= 15 is 0 Å². The lowest BCUT2D eigenvalue weighted by Gasteiger charge is -2.15. The molecule has 1 heterocycles. The van der Waals surface area contributed by atoms with Gasteiger partial charge in [0.15, 0.2) is 5.82 Å². The summed E-state index contributed by atoms with van der Waals surface area (Å²) >= 11 is 0. The average Bonchev–Trinajstić information content (AvgIpc) is 2.82. The first kappa shape index (κ1) is 13.5. The van der Waals surface area contributed by atoms with E-state index in [-0.39, 0.29) is 6.04 Å². The van der Waals surface area contributed by atoms with Crippen molar-refractivity contribution in [1.29, 1.82) is 0 Å². The molecule has 2 rings (SSSR count). The minimum absolute atomic E-state index is 0.143. The van der Waals surface area contributed by atoms with Crippen molar-refractivity contribution in [3.63, 3.8) is 0 Å². The van der Waals surface area contributed by atoms with Crippen molar-refractivity contribution in [2.45, 2.75) is 19.4 Å². The van der Waals surface area contributed by atoms with E-state index in [1.807, 2.05) is 32.2 Å². The molecule has 0 aliphatic carbocycles. The molecule has 2 aromatic rings. The van der Waals surface area contributed by atoms with Gasteiger partial charge in [0.25, 0.3) is 0 Å². The summed E-state index contributed by atoms with van der Waals surface area (Å²) in [6.45, 7) is 2.64. The topological polar surface area (TPSA) is 64.9 Å². The Morgan fingerprint density at radius 2 is 2.26 bits per heavy atom. The summed E-state index contributed by atoms with van der Waals surface area (Å²) < 4.78 is 5.52. The van der Waals surface area contributed by atoms with E-state index in [2.05, 4.69) is 26.8 Å². The molecule has 0 spiro atoms. The van der Waals surface area contributed by atoms with Gasteiger partial charge in [-0.1, -0.05) is 12.1 Å². The van der Waals surface area contributed by atoms with E-state index in [1.54, 1.807) is 7.05 Å². The van der Waals surface area contributed by atoms with Crippen molar-refractivity contribution in [1.82, 2.24) is 25.5 Å². The Balaban J connectivity index is 2.14. The molecule has 0 fully saturated rings. The summed E-state index contributed by atoms with van der Waals surface area (Å²) in [4.78, 5) is 1.47. The first-order valence-corrected chi connectivity index (χ1v) is 6.35. The smallest absolute Gasteiger partial charge is 0.176 e. The molecule has 6 heteroatoms. The number of nitrogens with one attached hydrogen (secondary N) is 1. The van der Waals surface area contributed by atoms with Crippen LogP contribution >= 0.6 is 0 Å². The predicted octanol–water partition coefficient (Wildman–Crippen LogP) is 1.11. The van der Waals surface area contributed by atoms with E-state index in [1.165, 1.54) is 4.80 Å². The Morgan fingerprint density at radius 3 is 2.89 bits per heavy atom. The second-order valence-electron chi connectivity index (χ2n) is 4.25. The molecule has 6 nitrogen and oxygen atoms in total. The van der Waals surface area contributed by atoms with Crippen LogP contribution in [0.3, 0.4) is 0 Å². The molecule has 102 valence electrons. The molecule has 1 aromatic heterocycles. The highest BCUT2D eigenvalue weighted by atomic mass is 16.5. The van der Waals surface area contributed by atoms with E-state index < -0.39 is 0 Å². The first-order chi connectivity index (χ1) is 9.22. The molecular weight excluding hydrogens is 242 g/mol. The van der Waals surface area contributed by atoms with Gasteiger partial charge in [-0.05, 0) is 36.9 Å². The minimum atomic E-state index is 0.143. The van der Waals surface area contributed by atoms with Gasteiger partial charge in [0.2, 0.25) is 0 Å². The van der Waals surface area contributed by atoms with E-state index in [9.17, 15) is 0 Å². The van der Waals surface area contributed by atoms with Gasteiger partial charge < -0.3 is 10.1 Å². The number of aryl methyl sites for hydroxylation is 1. The van der Waals surface area contributed by atoms with Gasteiger partial charge in [0.05, 0.1) is 13.7 Å². The average molecular weight is 261 g/mol. The molecule has 1 aromatic carbocycles. The predicted molar refractivity (Wildman–Crippen MR) is 71.9 cm³/mol. The fraction of sp³-hybridized carbons (Fsp3) is 0.462. The highest BCUT2D eigenvalue weighted by Gasteiger charge is 2.14. The van der Waals surface area contributed by atoms with Crippen LogP contribution in [0.5, 0.6) is 5.75 Å². The molecule has 0 saturated heterocycles. The number of nitrogens with zero attached hydrogens (tertiary/aromatic N) is 4. The molecule has 0 amide bonds. The maximum Gasteiger partial charge on any atom is 0.176 e. The third kappa shape index (κ3) is 3.51. The zero-order chi connectivity index (χ0) is 13.7. The molecule has 1 unspecified atom stereocenters. The normalized spacial score (nSPS) is 12.4. The molecule has 0 saturated carbocycles. The molecular formula is C13H19N5O. The second-order valence-corrected chi connectivity index (χ2v) is 4.25. The summed E-state index contributed by atoms with van der Waals surface area (Å²) in [6.07, 6.45) is 0.694. The van der Waals surface area contributed by atoms with E-state index in [0.717, 1.165) is 17.1 Å². The van der Waals surface area contributed by atoms with Crippen LogP contribution in [0, 0.1) is 0 Å². The van der Waals surface area contributed by atoms with Gasteiger partial charge in [0.1, 0.15) is 5.75 Å². The van der Waals surface area contributed by atoms with Crippen molar-refractivity contribution in [3.05, 3.63) is 35.7 Å². The number of rotatable bonds is 6. The second kappa shape index (κ2) is 6.29. The van der Waals surface area contributed by atoms with Gasteiger partial charge in [-0.25, -0.2) is 0 Å². The standard InChI is InChI=1S/C13H19N5O/c1-4-19-11-7-5-6-10(8-11)12(14-2)9-13-15-17-18(3)16-13/h5-8,12,14H,4,9H2,1-3H3. The van der Waals surface area contributed by atoms with Crippen LogP contribution in [0.2, 0.25) is 0 Å². The Morgan fingerprint density at radius 1 is 1.42 bits per heavy atom. The van der Waals surface area contributed by atoms with Crippen molar-refractivity contribution in [3.8, 4) is 5.75 Å². The molecule has 1 atom stereocenters. The summed E-state index contributed by atoms with van der Waals surface area (Å²) in [5.74, 6) is 1.61. The van der Waals surface area contributed by atoms with Crippen molar-refractivity contribution >= 4 is 0 Å². The molecule has 1 N–H and O–H groups in total. The van der Waals surface area contributed by atoms with Crippen LogP contribution in [0.25, 0.3) is 0 Å². The molecule has 0 aliphatic rings. The SMILES string of the molecule is CCOc1cccc(C(Cc2nnn(C)n2)NC)c1. The van der Waals surface area contributed by atoms with Gasteiger partial charge in [0, 0.05) is 12.5 Å². The third-order valence-corrected chi connectivity index (χ3v) is 2.86. The van der Waals surface area contributed by atoms with Gasteiger partial charge in [-0.2, -0.15) is 4.80 Å². The number of likely N-dealkylation sites (N-methyl/N-ethyl adjacent to an activating group) is 1. The zero-order valence-electron chi connectivity index (χ0n) is 11.5. The summed E-state index contributed by atoms with van der Waals surface area (Å²) in [7, 11) is 3.69. The Hall–Kier alpha value is -1.95. The summed E-state index contributed by atoms with van der Waals surface area (Å²) in [5, 5.41) is 15.3. The Labute approximate surface area is 112 Å². The molecule has 0 radical (unpaired) electrons. The Kier molecular flexibility index (Phi) is 4.46. The van der Waals surface area contributed by atoms with Crippen molar-refractivity contribution < 1.29 is 4.74 Å². The maximum absolute atomic E-state index is 5.52.